The van der Waals surface area contributed by atoms with Crippen molar-refractivity contribution in [2.75, 3.05) is 26.7 Å². The van der Waals surface area contributed by atoms with Crippen molar-refractivity contribution in [3.05, 3.63) is 53.7 Å². The van der Waals surface area contributed by atoms with Crippen molar-refractivity contribution in [2.45, 2.75) is 46.0 Å². The van der Waals surface area contributed by atoms with E-state index in [2.05, 4.69) is 57.3 Å². The summed E-state index contributed by atoms with van der Waals surface area (Å²) in [6.45, 7) is 7.73. The zero-order chi connectivity index (χ0) is 25.0. The van der Waals surface area contributed by atoms with Crippen LogP contribution in [-0.2, 0) is 11.2 Å². The van der Waals surface area contributed by atoms with Crippen LogP contribution in [0.2, 0.25) is 0 Å². The van der Waals surface area contributed by atoms with Crippen LogP contribution < -0.4 is 20.7 Å². The van der Waals surface area contributed by atoms with Gasteiger partial charge in [-0.15, -0.1) is 0 Å². The number of amides is 3. The zero-order valence-corrected chi connectivity index (χ0v) is 21.1. The topological polar surface area (TPSA) is 95.3 Å². The van der Waals surface area contributed by atoms with E-state index in [0.29, 0.717) is 25.6 Å². The minimum absolute atomic E-state index is 0.0830. The van der Waals surface area contributed by atoms with Gasteiger partial charge in [-0.2, -0.15) is 0 Å². The normalized spacial score (nSPS) is 15.3. The number of fused-ring (bicyclic) bond motifs is 2. The van der Waals surface area contributed by atoms with Gasteiger partial charge in [0.2, 0.25) is 5.91 Å². The van der Waals surface area contributed by atoms with Gasteiger partial charge in [0.15, 0.2) is 0 Å². The van der Waals surface area contributed by atoms with Crippen molar-refractivity contribution >= 4 is 22.8 Å². The number of carbonyl (C=O) groups is 2. The monoisotopic (exact) mass is 476 g/mol. The highest BCUT2D eigenvalue weighted by Crippen LogP contribution is 2.39. The Labute approximate surface area is 207 Å². The summed E-state index contributed by atoms with van der Waals surface area (Å²) in [5.74, 6) is 1.37. The first-order valence-electron chi connectivity index (χ1n) is 12.4. The van der Waals surface area contributed by atoms with E-state index >= 15 is 0 Å². The smallest absolute Gasteiger partial charge is 0.314 e. The lowest BCUT2D eigenvalue weighted by Crippen LogP contribution is -2.36. The Morgan fingerprint density at radius 2 is 1.83 bits per heavy atom. The van der Waals surface area contributed by atoms with Gasteiger partial charge in [-0.1, -0.05) is 32.9 Å². The number of benzene rings is 2. The van der Waals surface area contributed by atoms with Crippen LogP contribution in [0, 0.1) is 5.41 Å². The second-order valence-electron chi connectivity index (χ2n) is 10.2. The van der Waals surface area contributed by atoms with E-state index in [4.69, 9.17) is 4.74 Å². The second kappa shape index (κ2) is 10.4. The lowest BCUT2D eigenvalue weighted by atomic mass is 9.87. The predicted octanol–water partition coefficient (Wildman–Crippen LogP) is 4.72. The van der Waals surface area contributed by atoms with E-state index < -0.39 is 0 Å². The third-order valence-electron chi connectivity index (χ3n) is 6.64. The molecule has 0 aliphatic carbocycles. The number of hydrogen-bond acceptors (Lipinski definition) is 3. The molecule has 4 rings (SSSR count). The molecule has 0 fully saturated rings. The summed E-state index contributed by atoms with van der Waals surface area (Å²) in [5.41, 5.74) is 5.38. The molecule has 35 heavy (non-hydrogen) atoms. The van der Waals surface area contributed by atoms with Crippen LogP contribution in [0.1, 0.15) is 50.7 Å². The summed E-state index contributed by atoms with van der Waals surface area (Å²) in [6, 6.07) is 12.7. The molecule has 1 unspecified atom stereocenters. The summed E-state index contributed by atoms with van der Waals surface area (Å²) in [5, 5.41) is 9.67. The van der Waals surface area contributed by atoms with Crippen molar-refractivity contribution in [3.63, 3.8) is 0 Å². The minimum atomic E-state index is -0.380. The van der Waals surface area contributed by atoms with Gasteiger partial charge in [0.05, 0.1) is 6.61 Å². The van der Waals surface area contributed by atoms with E-state index in [0.717, 1.165) is 47.0 Å². The molecule has 3 amide bonds. The molecule has 7 nitrogen and oxygen atoms in total. The SMILES string of the molecule is CNC(=O)NCCc1c[nH]c2ccc(-c3ccc4c(c3)C(CCNC(=O)C(C)(C)C)CCO4)cc12. The summed E-state index contributed by atoms with van der Waals surface area (Å²) in [4.78, 5) is 27.1. The third-order valence-corrected chi connectivity index (χ3v) is 6.64. The van der Waals surface area contributed by atoms with Gasteiger partial charge in [0.25, 0.3) is 0 Å². The van der Waals surface area contributed by atoms with Crippen LogP contribution in [0.4, 0.5) is 4.79 Å². The maximum absolute atomic E-state index is 12.3. The van der Waals surface area contributed by atoms with Crippen molar-refractivity contribution in [2.24, 2.45) is 5.41 Å². The first-order valence-corrected chi connectivity index (χ1v) is 12.4. The summed E-state index contributed by atoms with van der Waals surface area (Å²) >= 11 is 0. The number of H-pyrrole nitrogens is 1. The fourth-order valence-corrected chi connectivity index (χ4v) is 4.53. The van der Waals surface area contributed by atoms with Crippen molar-refractivity contribution in [1.82, 2.24) is 20.9 Å². The highest BCUT2D eigenvalue weighted by molar-refractivity contribution is 5.88. The van der Waals surface area contributed by atoms with Crippen LogP contribution in [-0.4, -0.2) is 43.7 Å². The Morgan fingerprint density at radius 1 is 1.06 bits per heavy atom. The molecule has 7 heteroatoms. The Hall–Kier alpha value is -3.48. The third kappa shape index (κ3) is 5.78. The predicted molar refractivity (Wildman–Crippen MR) is 140 cm³/mol. The lowest BCUT2D eigenvalue weighted by Gasteiger charge is -2.27. The van der Waals surface area contributed by atoms with Gasteiger partial charge in [-0.3, -0.25) is 4.79 Å². The van der Waals surface area contributed by atoms with Crippen molar-refractivity contribution in [1.29, 1.82) is 0 Å². The molecule has 2 aromatic carbocycles. The fourth-order valence-electron chi connectivity index (χ4n) is 4.53. The van der Waals surface area contributed by atoms with Crippen LogP contribution in [0.25, 0.3) is 22.0 Å². The number of aromatic nitrogens is 1. The molecule has 3 aromatic rings. The van der Waals surface area contributed by atoms with Gasteiger partial charge in [-0.25, -0.2) is 4.79 Å². The Morgan fingerprint density at radius 3 is 2.60 bits per heavy atom. The molecule has 2 heterocycles. The van der Waals surface area contributed by atoms with E-state index in [1.54, 1.807) is 7.05 Å². The highest BCUT2D eigenvalue weighted by Gasteiger charge is 2.24. The first-order chi connectivity index (χ1) is 16.8. The molecule has 4 N–H and O–H groups in total. The van der Waals surface area contributed by atoms with Crippen molar-refractivity contribution in [3.8, 4) is 16.9 Å². The average molecular weight is 477 g/mol. The number of rotatable bonds is 7. The van der Waals surface area contributed by atoms with E-state index in [1.807, 2.05) is 27.0 Å². The highest BCUT2D eigenvalue weighted by atomic mass is 16.5. The van der Waals surface area contributed by atoms with Gasteiger partial charge in [0, 0.05) is 42.7 Å². The van der Waals surface area contributed by atoms with E-state index in [-0.39, 0.29) is 17.4 Å². The molecule has 0 saturated carbocycles. The second-order valence-corrected chi connectivity index (χ2v) is 10.2. The largest absolute Gasteiger partial charge is 0.493 e. The molecule has 1 aliphatic heterocycles. The molecule has 1 aliphatic rings. The maximum atomic E-state index is 12.3. The number of hydrogen-bond donors (Lipinski definition) is 4. The Balaban J connectivity index is 1.52. The van der Waals surface area contributed by atoms with E-state index in [1.165, 1.54) is 11.1 Å². The zero-order valence-electron chi connectivity index (χ0n) is 21.1. The van der Waals surface area contributed by atoms with Crippen LogP contribution >= 0.6 is 0 Å². The molecule has 0 saturated heterocycles. The standard InChI is InChI=1S/C28H36N4O3/c1-28(2,3)26(33)30-12-9-18-11-14-35-25-8-6-20(16-23(18)25)19-5-7-24-22(15-19)21(17-32-24)10-13-31-27(34)29-4/h5-8,15-18,32H,9-14H2,1-4H3,(H,30,33)(H2,29,31,34). The fraction of sp³-hybridized carbons (Fsp3) is 0.429. The van der Waals surface area contributed by atoms with Crippen molar-refractivity contribution < 1.29 is 14.3 Å². The summed E-state index contributed by atoms with van der Waals surface area (Å²) in [7, 11) is 1.61. The Bertz CT molecular complexity index is 1210. The first kappa shape index (κ1) is 24.6. The minimum Gasteiger partial charge on any atom is -0.493 e. The number of aromatic amines is 1. The quantitative estimate of drug-likeness (QED) is 0.397. The van der Waals surface area contributed by atoms with Gasteiger partial charge in [0.1, 0.15) is 5.75 Å². The lowest BCUT2D eigenvalue weighted by molar-refractivity contribution is -0.128. The number of ether oxygens (including phenoxy) is 1. The molecule has 0 spiro atoms. The van der Waals surface area contributed by atoms with Crippen LogP contribution in [0.15, 0.2) is 42.6 Å². The van der Waals surface area contributed by atoms with Gasteiger partial charge < -0.3 is 25.7 Å². The maximum Gasteiger partial charge on any atom is 0.314 e. The molecule has 0 radical (unpaired) electrons. The molecular formula is C28H36N4O3. The molecule has 0 bridgehead atoms. The summed E-state index contributed by atoms with van der Waals surface area (Å²) < 4.78 is 5.94. The van der Waals surface area contributed by atoms with Crippen LogP contribution in [0.5, 0.6) is 5.75 Å². The van der Waals surface area contributed by atoms with Gasteiger partial charge in [-0.05, 0) is 71.7 Å². The van der Waals surface area contributed by atoms with E-state index in [9.17, 15) is 9.59 Å². The molecule has 1 aromatic heterocycles. The number of urea groups is 1. The number of nitrogens with one attached hydrogen (secondary N) is 4. The molecule has 186 valence electrons. The molecular weight excluding hydrogens is 440 g/mol. The Kier molecular flexibility index (Phi) is 7.34. The summed E-state index contributed by atoms with van der Waals surface area (Å²) in [6.07, 6.45) is 4.60. The molecule has 1 atom stereocenters. The number of carbonyl (C=O) groups excluding carboxylic acids is 2. The van der Waals surface area contributed by atoms with Crippen LogP contribution in [0.3, 0.4) is 0 Å². The average Bonchev–Trinajstić information content (AvgIpc) is 3.25. The van der Waals surface area contributed by atoms with Gasteiger partial charge >= 0.3 is 6.03 Å².